The number of benzene rings is 4. The van der Waals surface area contributed by atoms with Crippen molar-refractivity contribution in [2.75, 3.05) is 5.32 Å². The number of nitrogens with zero attached hydrogens (tertiary/aromatic N) is 4. The van der Waals surface area contributed by atoms with E-state index in [1.54, 1.807) is 24.3 Å². The zero-order chi connectivity index (χ0) is 41.5. The second-order valence-corrected chi connectivity index (χ2v) is 15.4. The molecule has 1 aliphatic rings. The number of anilines is 1. The van der Waals surface area contributed by atoms with Crippen molar-refractivity contribution in [2.45, 2.75) is 91.9 Å². The number of hydrogen-bond acceptors (Lipinski definition) is 10. The molecule has 0 unspecified atom stereocenters. The monoisotopic (exact) mass is 829 g/mol. The summed E-state index contributed by atoms with van der Waals surface area (Å²) in [7, 11) is 0. The van der Waals surface area contributed by atoms with Crippen LogP contribution in [0.5, 0.6) is 11.5 Å². The van der Waals surface area contributed by atoms with Crippen LogP contribution in [-0.2, 0) is 17.6 Å². The molecule has 7 rings (SSSR count). The largest absolute Gasteiger partial charge is 0.489 e. The Hall–Kier alpha value is -5.46. The van der Waals surface area contributed by atoms with Crippen molar-refractivity contribution in [3.8, 4) is 57.2 Å². The van der Waals surface area contributed by atoms with E-state index in [9.17, 15) is 14.3 Å². The zero-order valence-electron chi connectivity index (χ0n) is 33.2. The quantitative estimate of drug-likeness (QED) is 0.115. The lowest BCUT2D eigenvalue weighted by molar-refractivity contribution is -0.141. The SMILES string of the molecule is CCc1cc(F)ccc1-c1nc(-c2ccc(OC(C)C)c(Cl)c2)no1.CCc1cc(N[C@H]2CC[C@@H](C(=O)O)C2)ccc1-c1nc(-c2ccc(OC(C)C)c(Cl)c2)no1. The minimum atomic E-state index is -0.709. The average Bonchev–Trinajstić information content (AvgIpc) is 3.99. The highest BCUT2D eigenvalue weighted by Crippen LogP contribution is 2.35. The smallest absolute Gasteiger partial charge is 0.306 e. The van der Waals surface area contributed by atoms with E-state index in [-0.39, 0.29) is 30.0 Å². The van der Waals surface area contributed by atoms with Gasteiger partial charge in [-0.1, -0.05) is 47.4 Å². The molecule has 1 aliphatic carbocycles. The van der Waals surface area contributed by atoms with Crippen molar-refractivity contribution >= 4 is 34.9 Å². The van der Waals surface area contributed by atoms with E-state index in [0.717, 1.165) is 51.9 Å². The summed E-state index contributed by atoms with van der Waals surface area (Å²) in [5, 5.41) is 21.8. The number of aliphatic carboxylic acids is 1. The van der Waals surface area contributed by atoms with Crippen LogP contribution in [0.3, 0.4) is 0 Å². The van der Waals surface area contributed by atoms with Crippen molar-refractivity contribution < 1.29 is 32.8 Å². The third kappa shape index (κ3) is 10.3. The molecule has 1 fully saturated rings. The number of hydrogen-bond donors (Lipinski definition) is 2. The van der Waals surface area contributed by atoms with Crippen LogP contribution in [0.4, 0.5) is 10.1 Å². The van der Waals surface area contributed by atoms with Crippen molar-refractivity contribution in [1.82, 2.24) is 20.3 Å². The molecular formula is C44H46Cl2FN5O6. The standard InChI is InChI=1S/C25H28ClN3O4.C19H18ClFN2O2/c1-4-15-11-19(27-18-7-5-17(12-18)25(30)31)8-9-20(15)24-28-23(29-33-24)16-6-10-22(21(26)13-16)32-14(2)3;1-4-12-9-14(21)6-7-15(12)19-22-18(23-25-19)13-5-8-17(16(20)10-13)24-11(2)3/h6,8-11,13-14,17-18,27H,4-5,7,12H2,1-3H3,(H,30,31);5-11H,4H2,1-3H3/t17-,18+;/m1./s1. The topological polar surface area (TPSA) is 146 Å². The first-order valence-corrected chi connectivity index (χ1v) is 20.1. The highest BCUT2D eigenvalue weighted by atomic mass is 35.5. The molecule has 0 radical (unpaired) electrons. The van der Waals surface area contributed by atoms with E-state index < -0.39 is 5.97 Å². The Morgan fingerprint density at radius 2 is 1.29 bits per heavy atom. The highest BCUT2D eigenvalue weighted by molar-refractivity contribution is 6.32. The van der Waals surface area contributed by atoms with Crippen LogP contribution in [0.2, 0.25) is 10.0 Å². The summed E-state index contributed by atoms with van der Waals surface area (Å²) < 4.78 is 35.6. The van der Waals surface area contributed by atoms with Gasteiger partial charge in [0.1, 0.15) is 17.3 Å². The van der Waals surface area contributed by atoms with Crippen molar-refractivity contribution in [2.24, 2.45) is 5.92 Å². The Kier molecular flexibility index (Phi) is 13.7. The summed E-state index contributed by atoms with van der Waals surface area (Å²) in [6.07, 6.45) is 3.74. The molecule has 304 valence electrons. The first-order chi connectivity index (χ1) is 27.8. The van der Waals surface area contributed by atoms with E-state index in [4.69, 9.17) is 41.7 Å². The van der Waals surface area contributed by atoms with Crippen molar-refractivity contribution in [3.05, 3.63) is 99.8 Å². The fourth-order valence-corrected chi connectivity index (χ4v) is 7.15. The third-order valence-corrected chi connectivity index (χ3v) is 10.1. The van der Waals surface area contributed by atoms with Gasteiger partial charge in [-0.2, -0.15) is 9.97 Å². The number of aryl methyl sites for hydroxylation is 2. The second-order valence-electron chi connectivity index (χ2n) is 14.5. The van der Waals surface area contributed by atoms with E-state index in [0.29, 0.717) is 64.2 Å². The minimum Gasteiger partial charge on any atom is -0.489 e. The second kappa shape index (κ2) is 18.9. The van der Waals surface area contributed by atoms with Gasteiger partial charge >= 0.3 is 5.97 Å². The lowest BCUT2D eigenvalue weighted by Gasteiger charge is -2.15. The zero-order valence-corrected chi connectivity index (χ0v) is 34.7. The Morgan fingerprint density at radius 3 is 1.76 bits per heavy atom. The minimum absolute atomic E-state index is 0.0299. The van der Waals surface area contributed by atoms with Gasteiger partial charge in [-0.25, -0.2) is 4.39 Å². The summed E-state index contributed by atoms with van der Waals surface area (Å²) >= 11 is 12.6. The fourth-order valence-electron chi connectivity index (χ4n) is 6.70. The van der Waals surface area contributed by atoms with Crippen LogP contribution >= 0.6 is 23.2 Å². The van der Waals surface area contributed by atoms with Gasteiger partial charge in [0.05, 0.1) is 28.2 Å². The number of rotatable bonds is 13. The molecule has 11 nitrogen and oxygen atoms in total. The van der Waals surface area contributed by atoms with Crippen LogP contribution in [0, 0.1) is 11.7 Å². The predicted octanol–water partition coefficient (Wildman–Crippen LogP) is 11.6. The number of aromatic nitrogens is 4. The van der Waals surface area contributed by atoms with Crippen LogP contribution in [-0.4, -0.2) is 49.6 Å². The van der Waals surface area contributed by atoms with E-state index >= 15 is 0 Å². The molecule has 0 saturated heterocycles. The number of carbonyl (C=O) groups is 1. The lowest BCUT2D eigenvalue weighted by atomic mass is 10.0. The highest BCUT2D eigenvalue weighted by Gasteiger charge is 2.29. The van der Waals surface area contributed by atoms with Crippen LogP contribution in [0.25, 0.3) is 45.7 Å². The summed E-state index contributed by atoms with van der Waals surface area (Å²) in [6, 6.07) is 21.5. The van der Waals surface area contributed by atoms with Gasteiger partial charge < -0.3 is 28.9 Å². The molecular weight excluding hydrogens is 784 g/mol. The summed E-state index contributed by atoms with van der Waals surface area (Å²) in [4.78, 5) is 20.2. The molecule has 0 aliphatic heterocycles. The van der Waals surface area contributed by atoms with E-state index in [2.05, 4.69) is 38.6 Å². The maximum absolute atomic E-state index is 13.4. The number of halogens is 3. The Morgan fingerprint density at radius 1 is 0.776 bits per heavy atom. The van der Waals surface area contributed by atoms with Gasteiger partial charge in [0.15, 0.2) is 0 Å². The molecule has 1 saturated carbocycles. The molecule has 14 heteroatoms. The van der Waals surface area contributed by atoms with Crippen LogP contribution in [0.15, 0.2) is 81.8 Å². The van der Waals surface area contributed by atoms with Crippen molar-refractivity contribution in [3.63, 3.8) is 0 Å². The molecule has 0 bridgehead atoms. The molecule has 6 aromatic rings. The number of carboxylic acids is 1. The molecule has 2 aromatic heterocycles. The third-order valence-electron chi connectivity index (χ3n) is 9.51. The molecule has 0 spiro atoms. The van der Waals surface area contributed by atoms with E-state index in [1.807, 2.05) is 65.0 Å². The van der Waals surface area contributed by atoms with Gasteiger partial charge in [-0.15, -0.1) is 0 Å². The van der Waals surface area contributed by atoms with Crippen LogP contribution < -0.4 is 14.8 Å². The van der Waals surface area contributed by atoms with Crippen molar-refractivity contribution in [1.29, 1.82) is 0 Å². The van der Waals surface area contributed by atoms with Gasteiger partial charge in [-0.05, 0) is 144 Å². The summed E-state index contributed by atoms with van der Waals surface area (Å²) in [6.45, 7) is 11.8. The Labute approximate surface area is 346 Å². The summed E-state index contributed by atoms with van der Waals surface area (Å²) in [5.41, 5.74) is 5.93. The molecule has 2 heterocycles. The van der Waals surface area contributed by atoms with Gasteiger partial charge in [-0.3, -0.25) is 4.79 Å². The number of nitrogens with one attached hydrogen (secondary N) is 1. The Balaban J connectivity index is 0.000000203. The lowest BCUT2D eigenvalue weighted by Crippen LogP contribution is -2.18. The van der Waals surface area contributed by atoms with Crippen LogP contribution in [0.1, 0.15) is 71.9 Å². The fraction of sp³-hybridized carbons (Fsp3) is 0.341. The molecule has 0 amide bonds. The van der Waals surface area contributed by atoms with E-state index in [1.165, 1.54) is 12.1 Å². The molecule has 2 N–H and O–H groups in total. The average molecular weight is 831 g/mol. The number of carboxylic acid groups (broad SMARTS) is 1. The molecule has 58 heavy (non-hydrogen) atoms. The Bertz CT molecular complexity index is 2360. The number of ether oxygens (including phenoxy) is 2. The molecule has 4 aromatic carbocycles. The summed E-state index contributed by atoms with van der Waals surface area (Å²) in [5.74, 6) is 1.64. The molecule has 2 atom stereocenters. The normalized spacial score (nSPS) is 15.0. The maximum Gasteiger partial charge on any atom is 0.306 e. The maximum atomic E-state index is 13.4. The first-order valence-electron chi connectivity index (χ1n) is 19.3. The van der Waals surface area contributed by atoms with Gasteiger partial charge in [0.25, 0.3) is 11.8 Å². The van der Waals surface area contributed by atoms with Gasteiger partial charge in [0.2, 0.25) is 11.6 Å². The van der Waals surface area contributed by atoms with Gasteiger partial charge in [0, 0.05) is 34.0 Å². The predicted molar refractivity (Wildman–Crippen MR) is 223 cm³/mol. The first kappa shape index (κ1) is 42.2.